The summed E-state index contributed by atoms with van der Waals surface area (Å²) >= 11 is 3.29. The molecule has 0 bridgehead atoms. The first-order chi connectivity index (χ1) is 10.1. The van der Waals surface area contributed by atoms with Crippen LogP contribution in [0.15, 0.2) is 39.7 Å². The van der Waals surface area contributed by atoms with Gasteiger partial charge in [-0.15, -0.1) is 0 Å². The molecule has 0 aliphatic rings. The molecule has 0 aliphatic carbocycles. The zero-order valence-corrected chi connectivity index (χ0v) is 13.7. The summed E-state index contributed by atoms with van der Waals surface area (Å²) in [4.78, 5) is 11.7. The summed E-state index contributed by atoms with van der Waals surface area (Å²) in [7, 11) is 1.62. The monoisotopic (exact) mass is 351 g/mol. The molecule has 112 valence electrons. The first-order valence-electron chi connectivity index (χ1n) is 6.73. The molecule has 0 amide bonds. The molecule has 0 radical (unpaired) electrons. The highest BCUT2D eigenvalue weighted by Gasteiger charge is 2.06. The van der Waals surface area contributed by atoms with Crippen LogP contribution < -0.4 is 10.9 Å². The molecule has 6 heteroatoms. The van der Waals surface area contributed by atoms with Gasteiger partial charge in [0.2, 0.25) is 0 Å². The highest BCUT2D eigenvalue weighted by Crippen LogP contribution is 2.17. The molecule has 0 saturated carbocycles. The van der Waals surface area contributed by atoms with Crippen LogP contribution in [0.25, 0.3) is 0 Å². The number of hydrogen-bond acceptors (Lipinski definition) is 4. The normalized spacial score (nSPS) is 10.6. The molecule has 21 heavy (non-hydrogen) atoms. The smallest absolute Gasteiger partial charge is 0.282 e. The maximum atomic E-state index is 11.7. The third kappa shape index (κ3) is 4.15. The van der Waals surface area contributed by atoms with Crippen LogP contribution in [0.5, 0.6) is 0 Å². The van der Waals surface area contributed by atoms with Crippen molar-refractivity contribution < 1.29 is 4.74 Å². The number of nitrogens with zero attached hydrogens (tertiary/aromatic N) is 2. The van der Waals surface area contributed by atoms with Crippen molar-refractivity contribution >= 4 is 21.6 Å². The number of nitrogens with one attached hydrogen (secondary N) is 1. The summed E-state index contributed by atoms with van der Waals surface area (Å²) in [5.74, 6) is 0. The standard InChI is InChI=1S/C15H18BrN3O2/c1-3-21-10-12-6-4-11(5-7-12)8-17-13-9-18-19(2)15(20)14(13)16/h4-7,9,17H,3,8,10H2,1-2H3. The SMILES string of the molecule is CCOCc1ccc(CNc2cnn(C)c(=O)c2Br)cc1. The van der Waals surface area contributed by atoms with Crippen molar-refractivity contribution in [2.45, 2.75) is 20.1 Å². The number of hydrogen-bond donors (Lipinski definition) is 1. The molecule has 2 aromatic rings. The highest BCUT2D eigenvalue weighted by molar-refractivity contribution is 9.10. The van der Waals surface area contributed by atoms with Gasteiger partial charge in [0.1, 0.15) is 4.47 Å². The maximum absolute atomic E-state index is 11.7. The van der Waals surface area contributed by atoms with E-state index >= 15 is 0 Å². The first-order valence-corrected chi connectivity index (χ1v) is 7.52. The van der Waals surface area contributed by atoms with E-state index in [2.05, 4.69) is 26.3 Å². The van der Waals surface area contributed by atoms with E-state index in [1.807, 2.05) is 31.2 Å². The lowest BCUT2D eigenvalue weighted by molar-refractivity contribution is 0.134. The number of halogens is 1. The van der Waals surface area contributed by atoms with Crippen molar-refractivity contribution in [2.24, 2.45) is 7.05 Å². The van der Waals surface area contributed by atoms with Gasteiger partial charge < -0.3 is 10.1 Å². The predicted molar refractivity (Wildman–Crippen MR) is 86.3 cm³/mol. The van der Waals surface area contributed by atoms with E-state index in [0.717, 1.165) is 11.1 Å². The zero-order chi connectivity index (χ0) is 15.2. The number of ether oxygens (including phenoxy) is 1. The van der Waals surface area contributed by atoms with Gasteiger partial charge in [-0.2, -0.15) is 5.10 Å². The fraction of sp³-hybridized carbons (Fsp3) is 0.333. The molecule has 0 spiro atoms. The second-order valence-corrected chi connectivity index (χ2v) is 5.40. The van der Waals surface area contributed by atoms with Crippen molar-refractivity contribution in [1.29, 1.82) is 0 Å². The highest BCUT2D eigenvalue weighted by atomic mass is 79.9. The average molecular weight is 352 g/mol. The number of benzene rings is 1. The van der Waals surface area contributed by atoms with Crippen LogP contribution in [-0.2, 0) is 24.9 Å². The summed E-state index contributed by atoms with van der Waals surface area (Å²) in [6.07, 6.45) is 1.63. The van der Waals surface area contributed by atoms with Crippen molar-refractivity contribution in [3.63, 3.8) is 0 Å². The number of anilines is 1. The molecule has 1 aromatic heterocycles. The quantitative estimate of drug-likeness (QED) is 0.869. The molecule has 0 fully saturated rings. The van der Waals surface area contributed by atoms with Crippen LogP contribution in [0, 0.1) is 0 Å². The second-order valence-electron chi connectivity index (χ2n) is 4.61. The molecule has 1 heterocycles. The summed E-state index contributed by atoms with van der Waals surface area (Å²) in [5.41, 5.74) is 2.81. The van der Waals surface area contributed by atoms with Crippen LogP contribution in [0.3, 0.4) is 0 Å². The molecular weight excluding hydrogens is 334 g/mol. The second kappa shape index (κ2) is 7.38. The topological polar surface area (TPSA) is 56.1 Å². The van der Waals surface area contributed by atoms with Crippen molar-refractivity contribution in [1.82, 2.24) is 9.78 Å². The zero-order valence-electron chi connectivity index (χ0n) is 12.1. The van der Waals surface area contributed by atoms with Crippen LogP contribution in [0.2, 0.25) is 0 Å². The molecule has 1 N–H and O–H groups in total. The summed E-state index contributed by atoms with van der Waals surface area (Å²) < 4.78 is 7.14. The molecule has 1 aromatic carbocycles. The van der Waals surface area contributed by atoms with Gasteiger partial charge in [-0.3, -0.25) is 4.79 Å². The Balaban J connectivity index is 2.00. The lowest BCUT2D eigenvalue weighted by Crippen LogP contribution is -2.21. The fourth-order valence-corrected chi connectivity index (χ4v) is 2.30. The minimum absolute atomic E-state index is 0.160. The van der Waals surface area contributed by atoms with Gasteiger partial charge in [0.05, 0.1) is 18.5 Å². The fourth-order valence-electron chi connectivity index (χ4n) is 1.80. The molecule has 5 nitrogen and oxygen atoms in total. The van der Waals surface area contributed by atoms with Gasteiger partial charge in [0, 0.05) is 20.2 Å². The van der Waals surface area contributed by atoms with E-state index in [0.29, 0.717) is 29.9 Å². The van der Waals surface area contributed by atoms with Gasteiger partial charge in [0.15, 0.2) is 0 Å². The summed E-state index contributed by atoms with van der Waals surface area (Å²) in [5, 5.41) is 7.20. The van der Waals surface area contributed by atoms with E-state index in [1.165, 1.54) is 4.68 Å². The third-order valence-electron chi connectivity index (χ3n) is 3.06. The first kappa shape index (κ1) is 15.7. The molecular formula is C15H18BrN3O2. The summed E-state index contributed by atoms with van der Waals surface area (Å²) in [6, 6.07) is 8.18. The van der Waals surface area contributed by atoms with E-state index < -0.39 is 0 Å². The molecule has 0 unspecified atom stereocenters. The van der Waals surface area contributed by atoms with Gasteiger partial charge in [-0.05, 0) is 34.0 Å². The number of aryl methyl sites for hydroxylation is 1. The maximum Gasteiger partial charge on any atom is 0.282 e. The largest absolute Gasteiger partial charge is 0.379 e. The van der Waals surface area contributed by atoms with Gasteiger partial charge in [-0.25, -0.2) is 4.68 Å². The van der Waals surface area contributed by atoms with Gasteiger partial charge in [-0.1, -0.05) is 24.3 Å². The molecule has 2 rings (SSSR count). The molecule has 0 atom stereocenters. The van der Waals surface area contributed by atoms with E-state index in [9.17, 15) is 4.79 Å². The average Bonchev–Trinajstić information content (AvgIpc) is 2.51. The Labute approximate surface area is 132 Å². The van der Waals surface area contributed by atoms with E-state index in [4.69, 9.17) is 4.74 Å². The summed E-state index contributed by atoms with van der Waals surface area (Å²) in [6.45, 7) is 3.96. The lowest BCUT2D eigenvalue weighted by Gasteiger charge is -2.09. The Morgan fingerprint density at radius 2 is 1.95 bits per heavy atom. The van der Waals surface area contributed by atoms with Crippen molar-refractivity contribution in [2.75, 3.05) is 11.9 Å². The number of aromatic nitrogens is 2. The molecule has 0 aliphatic heterocycles. The molecule has 0 saturated heterocycles. The Morgan fingerprint density at radius 3 is 2.62 bits per heavy atom. The van der Waals surface area contributed by atoms with Crippen LogP contribution >= 0.6 is 15.9 Å². The van der Waals surface area contributed by atoms with E-state index in [-0.39, 0.29) is 5.56 Å². The third-order valence-corrected chi connectivity index (χ3v) is 3.82. The Hall–Kier alpha value is -1.66. The Kier molecular flexibility index (Phi) is 5.52. The Morgan fingerprint density at radius 1 is 1.29 bits per heavy atom. The van der Waals surface area contributed by atoms with Crippen LogP contribution in [0.1, 0.15) is 18.1 Å². The van der Waals surface area contributed by atoms with Gasteiger partial charge >= 0.3 is 0 Å². The lowest BCUT2D eigenvalue weighted by atomic mass is 10.1. The number of rotatable bonds is 6. The minimum Gasteiger partial charge on any atom is -0.379 e. The van der Waals surface area contributed by atoms with Crippen LogP contribution in [-0.4, -0.2) is 16.4 Å². The van der Waals surface area contributed by atoms with Crippen LogP contribution in [0.4, 0.5) is 5.69 Å². The Bertz CT molecular complexity index is 653. The van der Waals surface area contributed by atoms with Gasteiger partial charge in [0.25, 0.3) is 5.56 Å². The predicted octanol–water partition coefficient (Wildman–Crippen LogP) is 2.69. The minimum atomic E-state index is -0.160. The van der Waals surface area contributed by atoms with E-state index in [1.54, 1.807) is 13.2 Å². The van der Waals surface area contributed by atoms with Crippen molar-refractivity contribution in [3.8, 4) is 0 Å². The van der Waals surface area contributed by atoms with Crippen molar-refractivity contribution in [3.05, 3.63) is 56.4 Å².